The van der Waals surface area contributed by atoms with Crippen LogP contribution in [0.3, 0.4) is 0 Å². The first-order valence-electron chi connectivity index (χ1n) is 3.78. The van der Waals surface area contributed by atoms with E-state index in [0.29, 0.717) is 11.1 Å². The molecule has 0 fully saturated rings. The number of alkyl halides is 1. The summed E-state index contributed by atoms with van der Waals surface area (Å²) < 4.78 is 0. The second-order valence-corrected chi connectivity index (χ2v) is 3.11. The van der Waals surface area contributed by atoms with Crippen LogP contribution in [0.25, 0.3) is 0 Å². The smallest absolute Gasteiger partial charge is 0.125 e. The third kappa shape index (κ3) is 1.69. The molecular weight excluding hydrogens is 218 g/mol. The van der Waals surface area contributed by atoms with Gasteiger partial charge in [0.25, 0.3) is 0 Å². The van der Waals surface area contributed by atoms with Gasteiger partial charge in [-0.05, 0) is 12.0 Å². The molecule has 1 rings (SSSR count). The Morgan fingerprint density at radius 1 is 1.50 bits per heavy atom. The van der Waals surface area contributed by atoms with Crippen molar-refractivity contribution in [1.82, 2.24) is 4.98 Å². The molecule has 4 N–H and O–H groups in total. The van der Waals surface area contributed by atoms with Gasteiger partial charge in [-0.15, -0.1) is 0 Å². The lowest BCUT2D eigenvalue weighted by Gasteiger charge is -2.08. The number of aromatic nitrogens is 1. The molecule has 3 nitrogen and oxygen atoms in total. The highest BCUT2D eigenvalue weighted by Gasteiger charge is 2.05. The second-order valence-electron chi connectivity index (χ2n) is 2.55. The molecule has 12 heavy (non-hydrogen) atoms. The van der Waals surface area contributed by atoms with E-state index >= 15 is 0 Å². The Morgan fingerprint density at radius 3 is 2.67 bits per heavy atom. The van der Waals surface area contributed by atoms with Crippen LogP contribution in [0.15, 0.2) is 6.07 Å². The molecule has 0 bridgehead atoms. The van der Waals surface area contributed by atoms with Gasteiger partial charge in [0, 0.05) is 17.1 Å². The predicted octanol–water partition coefficient (Wildman–Crippen LogP) is 1.70. The molecule has 66 valence electrons. The normalized spacial score (nSPS) is 10.2. The largest absolute Gasteiger partial charge is 0.398 e. The molecule has 0 radical (unpaired) electrons. The maximum absolute atomic E-state index is 5.77. The van der Waals surface area contributed by atoms with Crippen molar-refractivity contribution in [3.8, 4) is 0 Å². The Bertz CT molecular complexity index is 286. The number of hydrogen-bond donors (Lipinski definition) is 2. The van der Waals surface area contributed by atoms with Crippen LogP contribution in [-0.2, 0) is 11.8 Å². The monoisotopic (exact) mass is 229 g/mol. The first-order valence-corrected chi connectivity index (χ1v) is 4.90. The summed E-state index contributed by atoms with van der Waals surface area (Å²) in [6.45, 7) is 2.05. The Kier molecular flexibility index (Phi) is 2.92. The van der Waals surface area contributed by atoms with Crippen LogP contribution < -0.4 is 11.5 Å². The zero-order chi connectivity index (χ0) is 9.14. The Morgan fingerprint density at radius 2 is 2.17 bits per heavy atom. The van der Waals surface area contributed by atoms with Gasteiger partial charge in [-0.25, -0.2) is 4.98 Å². The van der Waals surface area contributed by atoms with E-state index < -0.39 is 0 Å². The van der Waals surface area contributed by atoms with Crippen molar-refractivity contribution >= 4 is 27.4 Å². The van der Waals surface area contributed by atoms with Gasteiger partial charge >= 0.3 is 0 Å². The fourth-order valence-corrected chi connectivity index (χ4v) is 1.65. The van der Waals surface area contributed by atoms with Gasteiger partial charge in [-0.1, -0.05) is 22.9 Å². The first kappa shape index (κ1) is 9.32. The SMILES string of the molecule is CCc1c(N)cc(N)nc1CBr. The number of nitrogens with two attached hydrogens (primary N) is 2. The zero-order valence-corrected chi connectivity index (χ0v) is 8.56. The summed E-state index contributed by atoms with van der Waals surface area (Å²) in [6.07, 6.45) is 0.889. The number of nitrogen functional groups attached to an aromatic ring is 2. The van der Waals surface area contributed by atoms with Gasteiger partial charge in [-0.2, -0.15) is 0 Å². The summed E-state index contributed by atoms with van der Waals surface area (Å²) in [6, 6.07) is 1.70. The molecule has 0 aliphatic rings. The lowest BCUT2D eigenvalue weighted by Crippen LogP contribution is -2.03. The van der Waals surface area contributed by atoms with Crippen LogP contribution in [-0.4, -0.2) is 4.98 Å². The van der Waals surface area contributed by atoms with Crippen LogP contribution in [0, 0.1) is 0 Å². The number of pyridine rings is 1. The van der Waals surface area contributed by atoms with Gasteiger partial charge in [0.2, 0.25) is 0 Å². The van der Waals surface area contributed by atoms with E-state index in [1.54, 1.807) is 6.07 Å². The number of nitrogens with zero attached hydrogens (tertiary/aromatic N) is 1. The molecule has 0 aromatic carbocycles. The Labute approximate surface area is 80.3 Å². The Balaban J connectivity index is 3.24. The summed E-state index contributed by atoms with van der Waals surface area (Å²) in [5.41, 5.74) is 14.1. The van der Waals surface area contributed by atoms with Gasteiger partial charge in [-0.3, -0.25) is 0 Å². The van der Waals surface area contributed by atoms with Crippen molar-refractivity contribution in [1.29, 1.82) is 0 Å². The summed E-state index contributed by atoms with van der Waals surface area (Å²) in [7, 11) is 0. The standard InChI is InChI=1S/C8H12BrN3/c1-2-5-6(10)3-8(11)12-7(5)4-9/h3H,2,4H2,1H3,(H4,10,11,12). The van der Waals surface area contributed by atoms with Gasteiger partial charge in [0.05, 0.1) is 5.69 Å². The minimum Gasteiger partial charge on any atom is -0.398 e. The van der Waals surface area contributed by atoms with Gasteiger partial charge in [0.1, 0.15) is 5.82 Å². The van der Waals surface area contributed by atoms with E-state index in [2.05, 4.69) is 27.8 Å². The maximum atomic E-state index is 5.77. The van der Waals surface area contributed by atoms with Crippen molar-refractivity contribution in [2.24, 2.45) is 0 Å². The van der Waals surface area contributed by atoms with Crippen molar-refractivity contribution in [3.63, 3.8) is 0 Å². The quantitative estimate of drug-likeness (QED) is 0.760. The van der Waals surface area contributed by atoms with E-state index in [9.17, 15) is 0 Å². The number of rotatable bonds is 2. The van der Waals surface area contributed by atoms with Crippen molar-refractivity contribution in [2.45, 2.75) is 18.7 Å². The molecule has 0 saturated carbocycles. The molecular formula is C8H12BrN3. The maximum Gasteiger partial charge on any atom is 0.125 e. The molecule has 0 amide bonds. The molecule has 0 unspecified atom stereocenters. The van der Waals surface area contributed by atoms with Crippen LogP contribution in [0.2, 0.25) is 0 Å². The van der Waals surface area contributed by atoms with E-state index in [4.69, 9.17) is 11.5 Å². The molecule has 0 aliphatic carbocycles. The Hall–Kier alpha value is -0.770. The van der Waals surface area contributed by atoms with Crippen molar-refractivity contribution in [2.75, 3.05) is 11.5 Å². The summed E-state index contributed by atoms with van der Waals surface area (Å²) in [4.78, 5) is 4.17. The van der Waals surface area contributed by atoms with Crippen molar-refractivity contribution in [3.05, 3.63) is 17.3 Å². The summed E-state index contributed by atoms with van der Waals surface area (Å²) in [5, 5.41) is 0.700. The fraction of sp³-hybridized carbons (Fsp3) is 0.375. The second kappa shape index (κ2) is 3.76. The van der Waals surface area contributed by atoms with Crippen LogP contribution >= 0.6 is 15.9 Å². The summed E-state index contributed by atoms with van der Waals surface area (Å²) >= 11 is 3.34. The van der Waals surface area contributed by atoms with Crippen LogP contribution in [0.1, 0.15) is 18.2 Å². The summed E-state index contributed by atoms with van der Waals surface area (Å²) in [5.74, 6) is 0.485. The number of anilines is 2. The third-order valence-electron chi connectivity index (χ3n) is 1.74. The number of halogens is 1. The molecule has 0 spiro atoms. The molecule has 1 aromatic rings. The lowest BCUT2D eigenvalue weighted by atomic mass is 10.1. The van der Waals surface area contributed by atoms with Crippen LogP contribution in [0.4, 0.5) is 11.5 Å². The topological polar surface area (TPSA) is 64.9 Å². The van der Waals surface area contributed by atoms with Gasteiger partial charge in [0.15, 0.2) is 0 Å². The highest BCUT2D eigenvalue weighted by Crippen LogP contribution is 2.20. The van der Waals surface area contributed by atoms with E-state index in [1.165, 1.54) is 0 Å². The highest BCUT2D eigenvalue weighted by atomic mass is 79.9. The van der Waals surface area contributed by atoms with E-state index in [0.717, 1.165) is 23.4 Å². The molecule has 0 saturated heterocycles. The number of hydrogen-bond acceptors (Lipinski definition) is 3. The minimum absolute atomic E-state index is 0.485. The molecule has 0 aliphatic heterocycles. The lowest BCUT2D eigenvalue weighted by molar-refractivity contribution is 1.05. The van der Waals surface area contributed by atoms with Crippen LogP contribution in [0.5, 0.6) is 0 Å². The molecule has 4 heteroatoms. The predicted molar refractivity (Wildman–Crippen MR) is 55.1 cm³/mol. The van der Waals surface area contributed by atoms with E-state index in [1.807, 2.05) is 0 Å². The molecule has 1 heterocycles. The minimum atomic E-state index is 0.485. The molecule has 1 aromatic heterocycles. The first-order chi connectivity index (χ1) is 5.69. The zero-order valence-electron chi connectivity index (χ0n) is 6.97. The van der Waals surface area contributed by atoms with Gasteiger partial charge < -0.3 is 11.5 Å². The molecule has 0 atom stereocenters. The van der Waals surface area contributed by atoms with E-state index in [-0.39, 0.29) is 0 Å². The third-order valence-corrected chi connectivity index (χ3v) is 2.28. The average molecular weight is 230 g/mol. The average Bonchev–Trinajstić information content (AvgIpc) is 2.03. The fourth-order valence-electron chi connectivity index (χ4n) is 1.19. The highest BCUT2D eigenvalue weighted by molar-refractivity contribution is 9.08. The van der Waals surface area contributed by atoms with Crippen molar-refractivity contribution < 1.29 is 0 Å².